The lowest BCUT2D eigenvalue weighted by molar-refractivity contribution is -0.386. The Morgan fingerprint density at radius 1 is 1.22 bits per heavy atom. The molecule has 0 saturated carbocycles. The third-order valence-electron chi connectivity index (χ3n) is 4.37. The molecule has 0 amide bonds. The molecule has 0 N–H and O–H groups in total. The Bertz CT molecular complexity index is 774. The van der Waals surface area contributed by atoms with Gasteiger partial charge in [0, 0.05) is 11.1 Å². The molecule has 23 heavy (non-hydrogen) atoms. The number of ether oxygens (including phenoxy) is 1. The van der Waals surface area contributed by atoms with Crippen LogP contribution >= 0.6 is 11.6 Å². The van der Waals surface area contributed by atoms with Crippen LogP contribution < -0.4 is 0 Å². The second-order valence-corrected chi connectivity index (χ2v) is 5.87. The third kappa shape index (κ3) is 2.28. The number of benzene rings is 2. The smallest absolute Gasteiger partial charge is 0.321 e. The minimum Gasteiger partial charge on any atom is -0.455 e. The van der Waals surface area contributed by atoms with E-state index in [1.165, 1.54) is 6.07 Å². The number of hydrogen-bond donors (Lipinski definition) is 0. The van der Waals surface area contributed by atoms with Crippen LogP contribution in [-0.2, 0) is 14.9 Å². The number of nitro benzene ring substituents is 1. The highest BCUT2D eigenvalue weighted by Gasteiger charge is 2.60. The van der Waals surface area contributed by atoms with Gasteiger partial charge in [-0.3, -0.25) is 14.9 Å². The first-order valence-corrected chi connectivity index (χ1v) is 7.59. The molecule has 0 aromatic heterocycles. The van der Waals surface area contributed by atoms with Crippen LogP contribution in [0.4, 0.5) is 5.69 Å². The molecular weight excluding hydrogens is 318 g/mol. The van der Waals surface area contributed by atoms with Crippen molar-refractivity contribution in [3.05, 3.63) is 74.8 Å². The SMILES string of the molecule is CCC1(c2ccc(Cl)cc2)C(=O)OC1c1ccccc1[N+](=O)[O-]. The van der Waals surface area contributed by atoms with Crippen LogP contribution in [0.5, 0.6) is 0 Å². The average Bonchev–Trinajstić information content (AvgIpc) is 2.55. The number of halogens is 1. The summed E-state index contributed by atoms with van der Waals surface area (Å²) >= 11 is 5.92. The Labute approximate surface area is 138 Å². The standard InChI is InChI=1S/C17H14ClNO4/c1-2-17(11-7-9-12(18)10-8-11)15(23-16(17)20)13-5-3-4-6-14(13)19(21)22/h3-10,15H,2H2,1H3. The van der Waals surface area contributed by atoms with Crippen molar-refractivity contribution >= 4 is 23.3 Å². The number of carbonyl (C=O) groups excluding carboxylic acids is 1. The number of rotatable bonds is 4. The molecule has 2 atom stereocenters. The predicted molar refractivity (Wildman–Crippen MR) is 85.4 cm³/mol. The summed E-state index contributed by atoms with van der Waals surface area (Å²) in [5, 5.41) is 11.8. The lowest BCUT2D eigenvalue weighted by Gasteiger charge is -2.46. The summed E-state index contributed by atoms with van der Waals surface area (Å²) < 4.78 is 5.33. The third-order valence-corrected chi connectivity index (χ3v) is 4.62. The fourth-order valence-electron chi connectivity index (χ4n) is 3.12. The first-order valence-electron chi connectivity index (χ1n) is 7.21. The van der Waals surface area contributed by atoms with Crippen molar-refractivity contribution in [2.75, 3.05) is 0 Å². The van der Waals surface area contributed by atoms with Gasteiger partial charge in [-0.15, -0.1) is 0 Å². The predicted octanol–water partition coefficient (Wildman–Crippen LogP) is 4.19. The highest BCUT2D eigenvalue weighted by Crippen LogP contribution is 2.53. The van der Waals surface area contributed by atoms with E-state index in [0.29, 0.717) is 17.0 Å². The van der Waals surface area contributed by atoms with Crippen molar-refractivity contribution in [3.8, 4) is 0 Å². The van der Waals surface area contributed by atoms with E-state index < -0.39 is 16.4 Å². The lowest BCUT2D eigenvalue weighted by Crippen LogP contribution is -2.54. The summed E-state index contributed by atoms with van der Waals surface area (Å²) in [7, 11) is 0. The largest absolute Gasteiger partial charge is 0.455 e. The first-order chi connectivity index (χ1) is 11.0. The van der Waals surface area contributed by atoms with Gasteiger partial charge in [0.25, 0.3) is 5.69 Å². The zero-order chi connectivity index (χ0) is 16.6. The van der Waals surface area contributed by atoms with Crippen LogP contribution in [0.3, 0.4) is 0 Å². The fourth-order valence-corrected chi connectivity index (χ4v) is 3.24. The van der Waals surface area contributed by atoms with Gasteiger partial charge < -0.3 is 4.74 Å². The summed E-state index contributed by atoms with van der Waals surface area (Å²) in [6.45, 7) is 1.87. The first kappa shape index (κ1) is 15.5. The maximum atomic E-state index is 12.3. The summed E-state index contributed by atoms with van der Waals surface area (Å²) in [6, 6.07) is 13.3. The van der Waals surface area contributed by atoms with Crippen LogP contribution in [0, 0.1) is 10.1 Å². The monoisotopic (exact) mass is 331 g/mol. The minimum absolute atomic E-state index is 0.0446. The molecule has 3 rings (SSSR count). The molecule has 0 aliphatic carbocycles. The number of hydrogen-bond acceptors (Lipinski definition) is 4. The molecular formula is C17H14ClNO4. The minimum atomic E-state index is -0.920. The summed E-state index contributed by atoms with van der Waals surface area (Å²) in [4.78, 5) is 23.1. The van der Waals surface area contributed by atoms with Gasteiger partial charge in [-0.2, -0.15) is 0 Å². The molecule has 5 nitrogen and oxygen atoms in total. The van der Waals surface area contributed by atoms with Gasteiger partial charge in [0.15, 0.2) is 6.10 Å². The van der Waals surface area contributed by atoms with E-state index in [1.54, 1.807) is 42.5 Å². The van der Waals surface area contributed by atoms with E-state index in [4.69, 9.17) is 16.3 Å². The lowest BCUT2D eigenvalue weighted by atomic mass is 9.67. The normalized spacial score (nSPS) is 23.0. The number of nitro groups is 1. The summed E-state index contributed by atoms with van der Waals surface area (Å²) in [5.41, 5.74) is 0.200. The molecule has 2 unspecified atom stereocenters. The maximum Gasteiger partial charge on any atom is 0.321 e. The molecule has 1 saturated heterocycles. The zero-order valence-electron chi connectivity index (χ0n) is 12.4. The number of carbonyl (C=O) groups is 1. The number of esters is 1. The molecule has 1 fully saturated rings. The molecule has 0 spiro atoms. The van der Waals surface area contributed by atoms with Gasteiger partial charge in [0.05, 0.1) is 10.5 Å². The molecule has 118 valence electrons. The van der Waals surface area contributed by atoms with E-state index in [-0.39, 0.29) is 11.7 Å². The number of cyclic esters (lactones) is 1. The van der Waals surface area contributed by atoms with Crippen molar-refractivity contribution in [3.63, 3.8) is 0 Å². The molecule has 2 aromatic carbocycles. The van der Waals surface area contributed by atoms with Crippen molar-refractivity contribution < 1.29 is 14.5 Å². The number of para-hydroxylation sites is 1. The molecule has 1 aliphatic rings. The molecule has 2 aromatic rings. The van der Waals surface area contributed by atoms with Crippen molar-refractivity contribution in [1.29, 1.82) is 0 Å². The molecule has 6 heteroatoms. The molecule has 0 bridgehead atoms. The number of nitrogens with zero attached hydrogens (tertiary/aromatic N) is 1. The van der Waals surface area contributed by atoms with E-state index >= 15 is 0 Å². The van der Waals surface area contributed by atoms with Crippen LogP contribution in [0.25, 0.3) is 0 Å². The molecule has 1 heterocycles. The highest BCUT2D eigenvalue weighted by molar-refractivity contribution is 6.30. The topological polar surface area (TPSA) is 69.4 Å². The molecule has 0 radical (unpaired) electrons. The quantitative estimate of drug-likeness (QED) is 0.478. The van der Waals surface area contributed by atoms with E-state index in [0.717, 1.165) is 5.56 Å². The Balaban J connectivity index is 2.12. The van der Waals surface area contributed by atoms with Crippen molar-refractivity contribution in [2.45, 2.75) is 24.9 Å². The fraction of sp³-hybridized carbons (Fsp3) is 0.235. The van der Waals surface area contributed by atoms with E-state index in [9.17, 15) is 14.9 Å². The van der Waals surface area contributed by atoms with E-state index in [1.807, 2.05) is 6.92 Å². The van der Waals surface area contributed by atoms with Crippen molar-refractivity contribution in [2.24, 2.45) is 0 Å². The average molecular weight is 332 g/mol. The van der Waals surface area contributed by atoms with Gasteiger partial charge in [-0.1, -0.05) is 42.8 Å². The summed E-state index contributed by atoms with van der Waals surface area (Å²) in [6.07, 6.45) is -0.202. The summed E-state index contributed by atoms with van der Waals surface area (Å²) in [5.74, 6) is -0.370. The molecule has 1 aliphatic heterocycles. The second kappa shape index (κ2) is 5.66. The zero-order valence-corrected chi connectivity index (χ0v) is 13.1. The second-order valence-electron chi connectivity index (χ2n) is 5.43. The highest BCUT2D eigenvalue weighted by atomic mass is 35.5. The van der Waals surface area contributed by atoms with Crippen molar-refractivity contribution in [1.82, 2.24) is 0 Å². The van der Waals surface area contributed by atoms with Crippen LogP contribution in [0.2, 0.25) is 5.02 Å². The van der Waals surface area contributed by atoms with Gasteiger partial charge >= 0.3 is 5.97 Å². The Hall–Kier alpha value is -2.40. The van der Waals surface area contributed by atoms with Crippen LogP contribution in [0.15, 0.2) is 48.5 Å². The Morgan fingerprint density at radius 2 is 1.87 bits per heavy atom. The van der Waals surface area contributed by atoms with Gasteiger partial charge in [-0.25, -0.2) is 0 Å². The Morgan fingerprint density at radius 3 is 2.43 bits per heavy atom. The van der Waals surface area contributed by atoms with Crippen LogP contribution in [0.1, 0.15) is 30.6 Å². The van der Waals surface area contributed by atoms with Gasteiger partial charge in [0.2, 0.25) is 0 Å². The Kier molecular flexibility index (Phi) is 3.82. The van der Waals surface area contributed by atoms with Gasteiger partial charge in [0.1, 0.15) is 5.41 Å². The van der Waals surface area contributed by atoms with E-state index in [2.05, 4.69) is 0 Å². The maximum absolute atomic E-state index is 12.3. The van der Waals surface area contributed by atoms with Crippen LogP contribution in [-0.4, -0.2) is 10.9 Å². The van der Waals surface area contributed by atoms with Gasteiger partial charge in [-0.05, 0) is 30.2 Å².